The Balaban J connectivity index is 0.00000220. The molecule has 21 heavy (non-hydrogen) atoms. The Morgan fingerprint density at radius 1 is 1.48 bits per heavy atom. The Labute approximate surface area is 133 Å². The third-order valence-electron chi connectivity index (χ3n) is 3.61. The highest BCUT2D eigenvalue weighted by Gasteiger charge is 2.24. The van der Waals surface area contributed by atoms with Crippen molar-refractivity contribution in [2.75, 3.05) is 19.6 Å². The van der Waals surface area contributed by atoms with Crippen molar-refractivity contribution in [2.24, 2.45) is 5.92 Å². The van der Waals surface area contributed by atoms with Gasteiger partial charge in [0.15, 0.2) is 0 Å². The van der Waals surface area contributed by atoms with E-state index < -0.39 is 0 Å². The van der Waals surface area contributed by atoms with Crippen molar-refractivity contribution < 1.29 is 4.79 Å². The highest BCUT2D eigenvalue weighted by atomic mass is 35.5. The summed E-state index contributed by atoms with van der Waals surface area (Å²) in [5.74, 6) is 0.842. The average Bonchev–Trinajstić information content (AvgIpc) is 2.71. The third-order valence-corrected chi connectivity index (χ3v) is 3.61. The Morgan fingerprint density at radius 3 is 2.48 bits per heavy atom. The lowest BCUT2D eigenvalue weighted by molar-refractivity contribution is 0.0935. The molecule has 0 saturated carbocycles. The van der Waals surface area contributed by atoms with Crippen molar-refractivity contribution in [2.45, 2.75) is 46.1 Å². The number of carbonyl (C=O) groups is 1. The predicted octanol–water partition coefficient (Wildman–Crippen LogP) is 2.13. The summed E-state index contributed by atoms with van der Waals surface area (Å²) in [7, 11) is 0. The van der Waals surface area contributed by atoms with Crippen LogP contribution in [-0.4, -0.2) is 35.3 Å². The summed E-state index contributed by atoms with van der Waals surface area (Å²) in [5.41, 5.74) is 1.51. The lowest BCUT2D eigenvalue weighted by atomic mass is 10.0. The van der Waals surface area contributed by atoms with E-state index in [0.29, 0.717) is 17.5 Å². The Bertz CT molecular complexity index is 486. The van der Waals surface area contributed by atoms with Gasteiger partial charge < -0.3 is 10.6 Å². The maximum absolute atomic E-state index is 12.2. The van der Waals surface area contributed by atoms with E-state index in [-0.39, 0.29) is 23.9 Å². The molecule has 2 rings (SSSR count). The molecule has 0 unspecified atom stereocenters. The van der Waals surface area contributed by atoms with Crippen LogP contribution in [0.5, 0.6) is 0 Å². The van der Waals surface area contributed by atoms with Gasteiger partial charge in [0.05, 0.1) is 5.54 Å². The van der Waals surface area contributed by atoms with Gasteiger partial charge in [0.1, 0.15) is 5.69 Å². The number of rotatable bonds is 4. The third kappa shape index (κ3) is 4.20. The van der Waals surface area contributed by atoms with Gasteiger partial charge in [-0.15, -0.1) is 12.4 Å². The van der Waals surface area contributed by atoms with Gasteiger partial charge in [-0.25, -0.2) is 0 Å². The molecule has 0 bridgehead atoms. The second-order valence-corrected chi connectivity index (χ2v) is 6.93. The van der Waals surface area contributed by atoms with Gasteiger partial charge in [-0.3, -0.25) is 9.48 Å². The van der Waals surface area contributed by atoms with Crippen molar-refractivity contribution in [1.29, 1.82) is 0 Å². The number of hydrogen-bond donors (Lipinski definition) is 2. The molecule has 1 aliphatic rings. The van der Waals surface area contributed by atoms with E-state index in [0.717, 1.165) is 25.3 Å². The largest absolute Gasteiger partial charge is 0.350 e. The van der Waals surface area contributed by atoms with E-state index in [4.69, 9.17) is 0 Å². The van der Waals surface area contributed by atoms with Crippen LogP contribution in [0.15, 0.2) is 6.07 Å². The minimum Gasteiger partial charge on any atom is -0.350 e. The molecule has 2 N–H and O–H groups in total. The molecular weight excluding hydrogens is 288 g/mol. The molecule has 2 heterocycles. The van der Waals surface area contributed by atoms with E-state index in [1.54, 1.807) is 0 Å². The number of amides is 1. The van der Waals surface area contributed by atoms with Gasteiger partial charge >= 0.3 is 0 Å². The number of carbonyl (C=O) groups excluding carboxylic acids is 1. The molecular formula is C15H27ClN4O. The maximum atomic E-state index is 12.2. The van der Waals surface area contributed by atoms with Crippen LogP contribution in [0.4, 0.5) is 0 Å². The van der Waals surface area contributed by atoms with Crippen molar-refractivity contribution in [3.05, 3.63) is 17.5 Å². The van der Waals surface area contributed by atoms with E-state index in [9.17, 15) is 4.79 Å². The minimum atomic E-state index is -0.115. The summed E-state index contributed by atoms with van der Waals surface area (Å²) in [6.07, 6.45) is 0. The van der Waals surface area contributed by atoms with Crippen LogP contribution in [0, 0.1) is 5.92 Å². The Hall–Kier alpha value is -1.07. The van der Waals surface area contributed by atoms with Gasteiger partial charge in [0.2, 0.25) is 0 Å². The molecule has 1 saturated heterocycles. The van der Waals surface area contributed by atoms with E-state index in [1.807, 2.05) is 10.7 Å². The number of nitrogens with one attached hydrogen (secondary N) is 2. The maximum Gasteiger partial charge on any atom is 0.271 e. The smallest absolute Gasteiger partial charge is 0.271 e. The summed E-state index contributed by atoms with van der Waals surface area (Å²) in [6.45, 7) is 13.3. The van der Waals surface area contributed by atoms with Crippen LogP contribution in [0.2, 0.25) is 0 Å². The number of halogens is 1. The molecule has 1 fully saturated rings. The summed E-state index contributed by atoms with van der Waals surface area (Å²) in [5, 5.41) is 10.7. The van der Waals surface area contributed by atoms with Crippen molar-refractivity contribution in [3.63, 3.8) is 0 Å². The summed E-state index contributed by atoms with van der Waals surface area (Å²) in [6, 6.07) is 1.92. The van der Waals surface area contributed by atoms with Crippen LogP contribution in [-0.2, 0) is 5.54 Å². The number of aromatic nitrogens is 2. The fourth-order valence-corrected chi connectivity index (χ4v) is 2.28. The first kappa shape index (κ1) is 18.0. The van der Waals surface area contributed by atoms with Gasteiger partial charge in [-0.05, 0) is 32.8 Å². The fraction of sp³-hybridized carbons (Fsp3) is 0.733. The highest BCUT2D eigenvalue weighted by molar-refractivity contribution is 5.92. The van der Waals surface area contributed by atoms with Crippen molar-refractivity contribution >= 4 is 18.3 Å². The van der Waals surface area contributed by atoms with Gasteiger partial charge in [-0.2, -0.15) is 5.10 Å². The molecule has 6 heteroatoms. The molecule has 0 atom stereocenters. The lowest BCUT2D eigenvalue weighted by Crippen LogP contribution is -2.48. The molecule has 0 aromatic carbocycles. The predicted molar refractivity (Wildman–Crippen MR) is 87.3 cm³/mol. The van der Waals surface area contributed by atoms with Gasteiger partial charge in [-0.1, -0.05) is 13.8 Å². The van der Waals surface area contributed by atoms with Crippen LogP contribution in [0.1, 0.15) is 56.7 Å². The summed E-state index contributed by atoms with van der Waals surface area (Å²) >= 11 is 0. The Morgan fingerprint density at radius 2 is 2.10 bits per heavy atom. The van der Waals surface area contributed by atoms with Crippen LogP contribution < -0.4 is 10.6 Å². The first-order valence-electron chi connectivity index (χ1n) is 7.38. The summed E-state index contributed by atoms with van der Waals surface area (Å²) in [4.78, 5) is 12.2. The molecule has 5 nitrogen and oxygen atoms in total. The normalized spacial score (nSPS) is 15.5. The van der Waals surface area contributed by atoms with Crippen molar-refractivity contribution in [1.82, 2.24) is 20.4 Å². The quantitative estimate of drug-likeness (QED) is 0.895. The molecule has 1 aromatic rings. The SMILES string of the molecule is CC(C)c1cc(C(=O)NCC2CNC2)nn1C(C)(C)C.Cl. The molecule has 1 amide bonds. The topological polar surface area (TPSA) is 59.0 Å². The second kappa shape index (κ2) is 6.79. The standard InChI is InChI=1S/C15H26N4O.ClH/c1-10(2)13-6-12(18-19(13)15(3,4)5)14(20)17-9-11-7-16-8-11;/h6,10-11,16H,7-9H2,1-5H3,(H,17,20);1H. The van der Waals surface area contributed by atoms with Gasteiger partial charge in [0, 0.05) is 31.2 Å². The molecule has 0 radical (unpaired) electrons. The fourth-order valence-electron chi connectivity index (χ4n) is 2.28. The van der Waals surface area contributed by atoms with Crippen LogP contribution >= 0.6 is 12.4 Å². The van der Waals surface area contributed by atoms with Crippen LogP contribution in [0.25, 0.3) is 0 Å². The zero-order chi connectivity index (χ0) is 14.9. The lowest BCUT2D eigenvalue weighted by Gasteiger charge is -2.26. The number of nitrogens with zero attached hydrogens (tertiary/aromatic N) is 2. The van der Waals surface area contributed by atoms with Crippen molar-refractivity contribution in [3.8, 4) is 0 Å². The molecule has 0 aliphatic carbocycles. The minimum absolute atomic E-state index is 0. The molecule has 1 aliphatic heterocycles. The van der Waals surface area contributed by atoms with E-state index in [2.05, 4.69) is 50.4 Å². The zero-order valence-electron chi connectivity index (χ0n) is 13.6. The summed E-state index contributed by atoms with van der Waals surface area (Å²) < 4.78 is 1.97. The second-order valence-electron chi connectivity index (χ2n) is 6.93. The highest BCUT2D eigenvalue weighted by Crippen LogP contribution is 2.23. The zero-order valence-corrected chi connectivity index (χ0v) is 14.4. The molecule has 0 spiro atoms. The number of hydrogen-bond acceptors (Lipinski definition) is 3. The molecule has 120 valence electrons. The van der Waals surface area contributed by atoms with E-state index >= 15 is 0 Å². The van der Waals surface area contributed by atoms with E-state index in [1.165, 1.54) is 0 Å². The first-order valence-corrected chi connectivity index (χ1v) is 7.38. The van der Waals surface area contributed by atoms with Crippen LogP contribution in [0.3, 0.4) is 0 Å². The average molecular weight is 315 g/mol. The van der Waals surface area contributed by atoms with Gasteiger partial charge in [0.25, 0.3) is 5.91 Å². The Kier molecular flexibility index (Phi) is 5.82. The first-order chi connectivity index (χ1) is 9.29. The monoisotopic (exact) mass is 314 g/mol. The molecule has 1 aromatic heterocycles.